The van der Waals surface area contributed by atoms with Gasteiger partial charge in [-0.05, 0) is 55.0 Å². The molecular formula is C14H13FOS. The van der Waals surface area contributed by atoms with Crippen LogP contribution in [0.5, 0.6) is 5.75 Å². The third kappa shape index (κ3) is 3.01. The van der Waals surface area contributed by atoms with Crippen molar-refractivity contribution in [3.63, 3.8) is 0 Å². The van der Waals surface area contributed by atoms with Gasteiger partial charge in [-0.25, -0.2) is 4.39 Å². The molecular weight excluding hydrogens is 235 g/mol. The first kappa shape index (κ1) is 12.0. The SMILES string of the molecule is COc1ccc(Sc2ccc(F)cc2)c(C)c1. The predicted molar refractivity (Wildman–Crippen MR) is 68.3 cm³/mol. The Bertz CT molecular complexity index is 508. The van der Waals surface area contributed by atoms with Gasteiger partial charge in [0.1, 0.15) is 11.6 Å². The molecule has 0 unspecified atom stereocenters. The van der Waals surface area contributed by atoms with Crippen molar-refractivity contribution in [2.75, 3.05) is 7.11 Å². The highest BCUT2D eigenvalue weighted by Gasteiger charge is 2.03. The molecule has 0 heterocycles. The Balaban J connectivity index is 2.21. The molecule has 0 N–H and O–H groups in total. The highest BCUT2D eigenvalue weighted by Crippen LogP contribution is 2.32. The smallest absolute Gasteiger partial charge is 0.123 e. The predicted octanol–water partition coefficient (Wildman–Crippen LogP) is 4.29. The van der Waals surface area contributed by atoms with E-state index < -0.39 is 0 Å². The Morgan fingerprint density at radius 1 is 1.06 bits per heavy atom. The summed E-state index contributed by atoms with van der Waals surface area (Å²) in [6, 6.07) is 12.4. The van der Waals surface area contributed by atoms with Crippen LogP contribution < -0.4 is 4.74 Å². The van der Waals surface area contributed by atoms with E-state index in [0.717, 1.165) is 21.1 Å². The van der Waals surface area contributed by atoms with Crippen molar-refractivity contribution in [1.82, 2.24) is 0 Å². The van der Waals surface area contributed by atoms with Gasteiger partial charge >= 0.3 is 0 Å². The van der Waals surface area contributed by atoms with Gasteiger partial charge in [0.15, 0.2) is 0 Å². The minimum atomic E-state index is -0.208. The number of aryl methyl sites for hydroxylation is 1. The molecule has 0 spiro atoms. The number of rotatable bonds is 3. The molecule has 0 atom stereocenters. The van der Waals surface area contributed by atoms with Crippen LogP contribution in [0, 0.1) is 12.7 Å². The maximum absolute atomic E-state index is 12.8. The number of ether oxygens (including phenoxy) is 1. The van der Waals surface area contributed by atoms with Gasteiger partial charge in [0.2, 0.25) is 0 Å². The van der Waals surface area contributed by atoms with Crippen LogP contribution >= 0.6 is 11.8 Å². The zero-order valence-electron chi connectivity index (χ0n) is 9.74. The maximum atomic E-state index is 12.8. The van der Waals surface area contributed by atoms with E-state index in [4.69, 9.17) is 4.74 Å². The normalized spacial score (nSPS) is 10.3. The molecule has 0 fully saturated rings. The lowest BCUT2D eigenvalue weighted by molar-refractivity contribution is 0.414. The zero-order chi connectivity index (χ0) is 12.3. The molecule has 0 radical (unpaired) electrons. The molecule has 0 aliphatic heterocycles. The van der Waals surface area contributed by atoms with Crippen LogP contribution in [0.2, 0.25) is 0 Å². The molecule has 0 saturated carbocycles. The number of benzene rings is 2. The largest absolute Gasteiger partial charge is 0.497 e. The van der Waals surface area contributed by atoms with Gasteiger partial charge in [-0.3, -0.25) is 0 Å². The lowest BCUT2D eigenvalue weighted by Crippen LogP contribution is -1.85. The second-order valence-electron chi connectivity index (χ2n) is 3.69. The van der Waals surface area contributed by atoms with E-state index in [2.05, 4.69) is 0 Å². The van der Waals surface area contributed by atoms with Crippen LogP contribution in [-0.4, -0.2) is 7.11 Å². The van der Waals surface area contributed by atoms with Gasteiger partial charge in [0.05, 0.1) is 7.11 Å². The molecule has 0 aliphatic carbocycles. The standard InChI is InChI=1S/C14H13FOS/c1-10-9-12(16-2)5-8-14(10)17-13-6-3-11(15)4-7-13/h3-9H,1-2H3. The number of methoxy groups -OCH3 is 1. The Kier molecular flexibility index (Phi) is 3.69. The van der Waals surface area contributed by atoms with E-state index in [1.54, 1.807) is 31.0 Å². The van der Waals surface area contributed by atoms with Crippen molar-refractivity contribution in [2.45, 2.75) is 16.7 Å². The molecule has 17 heavy (non-hydrogen) atoms. The van der Waals surface area contributed by atoms with Crippen molar-refractivity contribution < 1.29 is 9.13 Å². The van der Waals surface area contributed by atoms with Crippen molar-refractivity contribution in [1.29, 1.82) is 0 Å². The first-order valence-corrected chi connectivity index (χ1v) is 6.09. The molecule has 2 aromatic rings. The molecule has 0 aliphatic rings. The first-order chi connectivity index (χ1) is 8.19. The van der Waals surface area contributed by atoms with E-state index >= 15 is 0 Å². The summed E-state index contributed by atoms with van der Waals surface area (Å²) in [5.41, 5.74) is 1.15. The summed E-state index contributed by atoms with van der Waals surface area (Å²) in [6.45, 7) is 2.04. The summed E-state index contributed by atoms with van der Waals surface area (Å²) < 4.78 is 17.9. The van der Waals surface area contributed by atoms with Crippen LogP contribution in [-0.2, 0) is 0 Å². The Labute approximate surface area is 105 Å². The molecule has 1 nitrogen and oxygen atoms in total. The van der Waals surface area contributed by atoms with Crippen LogP contribution in [0.15, 0.2) is 52.3 Å². The molecule has 3 heteroatoms. The third-order valence-corrected chi connectivity index (χ3v) is 3.61. The number of hydrogen-bond acceptors (Lipinski definition) is 2. The molecule has 0 bridgehead atoms. The Morgan fingerprint density at radius 2 is 1.76 bits per heavy atom. The zero-order valence-corrected chi connectivity index (χ0v) is 10.6. The molecule has 0 amide bonds. The van der Waals surface area contributed by atoms with Gasteiger partial charge < -0.3 is 4.74 Å². The van der Waals surface area contributed by atoms with Gasteiger partial charge in [0.25, 0.3) is 0 Å². The average Bonchev–Trinajstić information content (AvgIpc) is 2.34. The average molecular weight is 248 g/mol. The number of hydrogen-bond donors (Lipinski definition) is 0. The fraction of sp³-hybridized carbons (Fsp3) is 0.143. The molecule has 0 saturated heterocycles. The highest BCUT2D eigenvalue weighted by molar-refractivity contribution is 7.99. The van der Waals surface area contributed by atoms with E-state index in [1.165, 1.54) is 12.1 Å². The molecule has 88 valence electrons. The fourth-order valence-corrected chi connectivity index (χ4v) is 2.38. The minimum Gasteiger partial charge on any atom is -0.497 e. The summed E-state index contributed by atoms with van der Waals surface area (Å²) in [5.74, 6) is 0.645. The Morgan fingerprint density at radius 3 is 2.35 bits per heavy atom. The van der Waals surface area contributed by atoms with E-state index in [0.29, 0.717) is 0 Å². The summed E-state index contributed by atoms with van der Waals surface area (Å²) >= 11 is 1.62. The summed E-state index contributed by atoms with van der Waals surface area (Å²) in [7, 11) is 1.65. The van der Waals surface area contributed by atoms with E-state index in [9.17, 15) is 4.39 Å². The van der Waals surface area contributed by atoms with Crippen molar-refractivity contribution in [3.05, 3.63) is 53.8 Å². The first-order valence-electron chi connectivity index (χ1n) is 5.27. The second-order valence-corrected chi connectivity index (χ2v) is 4.80. The summed E-state index contributed by atoms with van der Waals surface area (Å²) in [5, 5.41) is 0. The van der Waals surface area contributed by atoms with Gasteiger partial charge in [-0.15, -0.1) is 0 Å². The van der Waals surface area contributed by atoms with Crippen molar-refractivity contribution >= 4 is 11.8 Å². The minimum absolute atomic E-state index is 0.208. The fourth-order valence-electron chi connectivity index (χ4n) is 1.49. The van der Waals surface area contributed by atoms with Gasteiger partial charge in [-0.2, -0.15) is 0 Å². The molecule has 2 aromatic carbocycles. The lowest BCUT2D eigenvalue weighted by atomic mass is 10.2. The maximum Gasteiger partial charge on any atom is 0.123 e. The van der Waals surface area contributed by atoms with Gasteiger partial charge in [0, 0.05) is 9.79 Å². The summed E-state index contributed by atoms with van der Waals surface area (Å²) in [6.07, 6.45) is 0. The molecule has 2 rings (SSSR count). The quantitative estimate of drug-likeness (QED) is 0.801. The number of halogens is 1. The van der Waals surface area contributed by atoms with Crippen molar-refractivity contribution in [2.24, 2.45) is 0 Å². The van der Waals surface area contributed by atoms with Crippen LogP contribution in [0.3, 0.4) is 0 Å². The summed E-state index contributed by atoms with van der Waals surface area (Å²) in [4.78, 5) is 2.18. The monoisotopic (exact) mass is 248 g/mol. The second kappa shape index (κ2) is 5.23. The van der Waals surface area contributed by atoms with E-state index in [1.807, 2.05) is 25.1 Å². The van der Waals surface area contributed by atoms with Crippen LogP contribution in [0.1, 0.15) is 5.56 Å². The third-order valence-electron chi connectivity index (χ3n) is 2.42. The Hall–Kier alpha value is -1.48. The van der Waals surface area contributed by atoms with Crippen molar-refractivity contribution in [3.8, 4) is 5.75 Å². The lowest BCUT2D eigenvalue weighted by Gasteiger charge is -2.07. The van der Waals surface area contributed by atoms with E-state index in [-0.39, 0.29) is 5.82 Å². The van der Waals surface area contributed by atoms with Crippen LogP contribution in [0.25, 0.3) is 0 Å². The topological polar surface area (TPSA) is 9.23 Å². The molecule has 0 aromatic heterocycles. The van der Waals surface area contributed by atoms with Crippen LogP contribution in [0.4, 0.5) is 4.39 Å². The van der Waals surface area contributed by atoms with Gasteiger partial charge in [-0.1, -0.05) is 11.8 Å². The highest BCUT2D eigenvalue weighted by atomic mass is 32.2.